The van der Waals surface area contributed by atoms with Gasteiger partial charge in [-0.05, 0) is 37.5 Å². The highest BCUT2D eigenvalue weighted by atomic mass is 35.5. The van der Waals surface area contributed by atoms with E-state index in [0.717, 1.165) is 18.0 Å². The number of halogens is 2. The quantitative estimate of drug-likeness (QED) is 0.666. The van der Waals surface area contributed by atoms with Crippen molar-refractivity contribution in [2.45, 2.75) is 62.7 Å². The van der Waals surface area contributed by atoms with Crippen LogP contribution in [0.1, 0.15) is 61.7 Å². The Morgan fingerprint density at radius 3 is 2.59 bits per heavy atom. The third-order valence-electron chi connectivity index (χ3n) is 5.39. The minimum absolute atomic E-state index is 0.0232. The minimum Gasteiger partial charge on any atom is -0.342 e. The third kappa shape index (κ3) is 6.37. The molecule has 1 aliphatic carbocycles. The zero-order valence-electron chi connectivity index (χ0n) is 16.6. The number of rotatable bonds is 5. The Balaban J connectivity index is 1.53. The summed E-state index contributed by atoms with van der Waals surface area (Å²) >= 11 is 13.5. The van der Waals surface area contributed by atoms with Crippen molar-refractivity contribution in [3.63, 3.8) is 0 Å². The van der Waals surface area contributed by atoms with E-state index in [1.807, 2.05) is 0 Å². The van der Waals surface area contributed by atoms with Gasteiger partial charge in [0.25, 0.3) is 5.91 Å². The average molecular weight is 456 g/mol. The van der Waals surface area contributed by atoms with E-state index < -0.39 is 0 Å². The van der Waals surface area contributed by atoms with Gasteiger partial charge in [0, 0.05) is 18.6 Å². The molecule has 0 radical (unpaired) electrons. The standard InChI is InChI=1S/C21H27Cl2N3O2S/c1-26(20(28)16-10-9-14(22)13-17(16)23)12-11-18-19(27)25-21(29-18)24-15-7-5-3-2-4-6-8-15/h9-10,13,15,18H,2-8,11-12H2,1H3,(H,24,25,27). The summed E-state index contributed by atoms with van der Waals surface area (Å²) < 4.78 is 0. The first kappa shape index (κ1) is 22.4. The summed E-state index contributed by atoms with van der Waals surface area (Å²) in [6.07, 6.45) is 9.07. The molecule has 1 atom stereocenters. The molecule has 1 saturated carbocycles. The van der Waals surface area contributed by atoms with Gasteiger partial charge in [0.1, 0.15) is 0 Å². The minimum atomic E-state index is -0.224. The van der Waals surface area contributed by atoms with Crippen LogP contribution >= 0.6 is 35.0 Å². The van der Waals surface area contributed by atoms with Crippen LogP contribution in [0.15, 0.2) is 23.2 Å². The lowest BCUT2D eigenvalue weighted by Crippen LogP contribution is -2.32. The topological polar surface area (TPSA) is 61.8 Å². The summed E-state index contributed by atoms with van der Waals surface area (Å²) in [5, 5.41) is 4.25. The highest BCUT2D eigenvalue weighted by Gasteiger charge is 2.31. The molecule has 1 saturated heterocycles. The molecule has 3 rings (SSSR count). The predicted octanol–water partition coefficient (Wildman–Crippen LogP) is 5.16. The van der Waals surface area contributed by atoms with Gasteiger partial charge in [-0.3, -0.25) is 14.6 Å². The molecule has 1 unspecified atom stereocenters. The zero-order valence-corrected chi connectivity index (χ0v) is 19.0. The van der Waals surface area contributed by atoms with Crippen LogP contribution in [0.4, 0.5) is 0 Å². The number of thioether (sulfide) groups is 1. The fraction of sp³-hybridized carbons (Fsp3) is 0.571. The molecule has 1 aliphatic heterocycles. The number of carbonyl (C=O) groups is 2. The molecule has 0 aromatic heterocycles. The number of carbonyl (C=O) groups excluding carboxylic acids is 2. The monoisotopic (exact) mass is 455 g/mol. The van der Waals surface area contributed by atoms with Crippen LogP contribution in [0.5, 0.6) is 0 Å². The number of nitrogens with one attached hydrogen (secondary N) is 1. The van der Waals surface area contributed by atoms with Gasteiger partial charge in [-0.25, -0.2) is 0 Å². The molecular formula is C21H27Cl2N3O2S. The molecule has 0 bridgehead atoms. The van der Waals surface area contributed by atoms with Crippen LogP contribution in [0.3, 0.4) is 0 Å². The highest BCUT2D eigenvalue weighted by molar-refractivity contribution is 8.15. The van der Waals surface area contributed by atoms with E-state index in [1.54, 1.807) is 30.1 Å². The van der Waals surface area contributed by atoms with E-state index in [9.17, 15) is 9.59 Å². The van der Waals surface area contributed by atoms with Crippen LogP contribution in [-0.2, 0) is 4.79 Å². The molecule has 1 heterocycles. The SMILES string of the molecule is CN(CCC1SC(=NC2CCCCCCC2)NC1=O)C(=O)c1ccc(Cl)cc1Cl. The molecule has 1 N–H and O–H groups in total. The van der Waals surface area contributed by atoms with E-state index in [0.29, 0.717) is 34.6 Å². The average Bonchev–Trinajstić information content (AvgIpc) is 3.00. The van der Waals surface area contributed by atoms with Gasteiger partial charge in [-0.2, -0.15) is 0 Å². The van der Waals surface area contributed by atoms with Crippen molar-refractivity contribution in [3.8, 4) is 0 Å². The predicted molar refractivity (Wildman–Crippen MR) is 121 cm³/mol. The maximum absolute atomic E-state index is 12.6. The number of hydrogen-bond donors (Lipinski definition) is 1. The van der Waals surface area contributed by atoms with Crippen molar-refractivity contribution in [2.24, 2.45) is 4.99 Å². The van der Waals surface area contributed by atoms with E-state index in [2.05, 4.69) is 5.32 Å². The van der Waals surface area contributed by atoms with Crippen LogP contribution < -0.4 is 5.32 Å². The Bertz CT molecular complexity index is 779. The first-order chi connectivity index (χ1) is 13.9. The van der Waals surface area contributed by atoms with Crippen molar-refractivity contribution >= 4 is 51.9 Å². The van der Waals surface area contributed by atoms with E-state index in [1.165, 1.54) is 43.9 Å². The van der Waals surface area contributed by atoms with Crippen molar-refractivity contribution in [2.75, 3.05) is 13.6 Å². The molecule has 1 aromatic carbocycles. The molecule has 1 aromatic rings. The molecule has 2 amide bonds. The summed E-state index contributed by atoms with van der Waals surface area (Å²) in [6.45, 7) is 0.458. The van der Waals surface area contributed by atoms with E-state index in [-0.39, 0.29) is 17.1 Å². The second-order valence-corrected chi connectivity index (χ2v) is 9.70. The Labute approximate surface area is 186 Å². The maximum Gasteiger partial charge on any atom is 0.255 e. The molecular weight excluding hydrogens is 429 g/mol. The molecule has 2 fully saturated rings. The Morgan fingerprint density at radius 1 is 1.21 bits per heavy atom. The molecule has 29 heavy (non-hydrogen) atoms. The van der Waals surface area contributed by atoms with Crippen LogP contribution in [0, 0.1) is 0 Å². The summed E-state index contributed by atoms with van der Waals surface area (Å²) in [7, 11) is 1.72. The number of benzene rings is 1. The van der Waals surface area contributed by atoms with Crippen LogP contribution in [0.2, 0.25) is 10.0 Å². The number of amidine groups is 1. The lowest BCUT2D eigenvalue weighted by atomic mass is 9.97. The maximum atomic E-state index is 12.6. The second-order valence-electron chi connectivity index (χ2n) is 7.67. The Hall–Kier alpha value is -1.24. The van der Waals surface area contributed by atoms with Gasteiger partial charge in [0.15, 0.2) is 5.17 Å². The first-order valence-corrected chi connectivity index (χ1v) is 11.8. The molecule has 5 nitrogen and oxygen atoms in total. The van der Waals surface area contributed by atoms with E-state index >= 15 is 0 Å². The van der Waals surface area contributed by atoms with Gasteiger partial charge < -0.3 is 10.2 Å². The van der Waals surface area contributed by atoms with Crippen LogP contribution in [-0.4, -0.2) is 46.8 Å². The fourth-order valence-corrected chi connectivity index (χ4v) is 5.18. The number of hydrogen-bond acceptors (Lipinski definition) is 4. The lowest BCUT2D eigenvalue weighted by Gasteiger charge is -2.19. The van der Waals surface area contributed by atoms with Gasteiger partial charge in [-0.15, -0.1) is 0 Å². The normalized spacial score (nSPS) is 22.2. The van der Waals surface area contributed by atoms with Crippen molar-refractivity contribution in [3.05, 3.63) is 33.8 Å². The molecule has 2 aliphatic rings. The highest BCUT2D eigenvalue weighted by Crippen LogP contribution is 2.27. The van der Waals surface area contributed by atoms with Gasteiger partial charge in [0.2, 0.25) is 5.91 Å². The lowest BCUT2D eigenvalue weighted by molar-refractivity contribution is -0.118. The summed E-state index contributed by atoms with van der Waals surface area (Å²) in [5.74, 6) is -0.205. The third-order valence-corrected chi connectivity index (χ3v) is 7.10. The van der Waals surface area contributed by atoms with E-state index in [4.69, 9.17) is 28.2 Å². The second kappa shape index (κ2) is 10.7. The number of nitrogens with zero attached hydrogens (tertiary/aromatic N) is 2. The summed E-state index contributed by atoms with van der Waals surface area (Å²) in [6, 6.07) is 5.14. The van der Waals surface area contributed by atoms with Gasteiger partial charge in [-0.1, -0.05) is 67.1 Å². The van der Waals surface area contributed by atoms with Crippen molar-refractivity contribution < 1.29 is 9.59 Å². The fourth-order valence-electron chi connectivity index (χ4n) is 3.67. The number of amides is 2. The Morgan fingerprint density at radius 2 is 1.90 bits per heavy atom. The summed E-state index contributed by atoms with van der Waals surface area (Å²) in [4.78, 5) is 31.4. The molecule has 8 heteroatoms. The zero-order chi connectivity index (χ0) is 20.8. The van der Waals surface area contributed by atoms with Crippen molar-refractivity contribution in [1.29, 1.82) is 0 Å². The largest absolute Gasteiger partial charge is 0.342 e. The molecule has 0 spiro atoms. The Kier molecular flexibility index (Phi) is 8.27. The molecule has 158 valence electrons. The van der Waals surface area contributed by atoms with Crippen molar-refractivity contribution in [1.82, 2.24) is 10.2 Å². The first-order valence-electron chi connectivity index (χ1n) is 10.2. The summed E-state index contributed by atoms with van der Waals surface area (Å²) in [5.41, 5.74) is 0.411. The van der Waals surface area contributed by atoms with Gasteiger partial charge >= 0.3 is 0 Å². The number of aliphatic imine (C=N–C) groups is 1. The van der Waals surface area contributed by atoms with Gasteiger partial charge in [0.05, 0.1) is 21.9 Å². The smallest absolute Gasteiger partial charge is 0.255 e. The van der Waals surface area contributed by atoms with Crippen LogP contribution in [0.25, 0.3) is 0 Å².